The highest BCUT2D eigenvalue weighted by atomic mass is 16.5. The zero-order valence-electron chi connectivity index (χ0n) is 13.6. The van der Waals surface area contributed by atoms with Crippen LogP contribution in [0.5, 0.6) is 5.75 Å². The first-order valence-electron chi connectivity index (χ1n) is 7.80. The summed E-state index contributed by atoms with van der Waals surface area (Å²) in [5.74, 6) is 0.812. The van der Waals surface area contributed by atoms with E-state index >= 15 is 0 Å². The van der Waals surface area contributed by atoms with Gasteiger partial charge in [0.15, 0.2) is 5.58 Å². The number of nitrogen functional groups attached to an aromatic ring is 1. The molecule has 0 unspecified atom stereocenters. The Labute approximate surface area is 138 Å². The first-order valence-corrected chi connectivity index (χ1v) is 7.80. The third-order valence-electron chi connectivity index (χ3n) is 4.29. The minimum absolute atomic E-state index is 0.201. The summed E-state index contributed by atoms with van der Waals surface area (Å²) in [5, 5.41) is 0. The van der Waals surface area contributed by atoms with Crippen molar-refractivity contribution in [3.63, 3.8) is 0 Å². The number of hydrogen-bond acceptors (Lipinski definition) is 5. The van der Waals surface area contributed by atoms with Crippen LogP contribution in [0, 0.1) is 6.92 Å². The number of methoxy groups -OCH3 is 1. The lowest BCUT2D eigenvalue weighted by Gasteiger charge is -2.01. The van der Waals surface area contributed by atoms with E-state index in [1.54, 1.807) is 7.11 Å². The average molecular weight is 322 g/mol. The summed E-state index contributed by atoms with van der Waals surface area (Å²) in [5.41, 5.74) is 11.4. The number of nitrogens with zero attached hydrogens (tertiary/aromatic N) is 3. The van der Waals surface area contributed by atoms with Crippen LogP contribution in [0.2, 0.25) is 0 Å². The molecule has 6 nitrogen and oxygen atoms in total. The zero-order chi connectivity index (χ0) is 16.7. The number of ether oxygens (including phenoxy) is 1. The van der Waals surface area contributed by atoms with Gasteiger partial charge in [0.2, 0.25) is 0 Å². The van der Waals surface area contributed by atoms with Gasteiger partial charge in [0.1, 0.15) is 16.9 Å². The van der Waals surface area contributed by atoms with Crippen molar-refractivity contribution < 1.29 is 9.15 Å². The summed E-state index contributed by atoms with van der Waals surface area (Å²) in [4.78, 5) is 8.84. The number of pyridine rings is 1. The maximum Gasteiger partial charge on any atom is 0.292 e. The van der Waals surface area contributed by atoms with Gasteiger partial charge in [-0.1, -0.05) is 6.07 Å². The standard InChI is InChI=1S/C18H18N4O2/c1-11-14(20-17-10-13(23-2)7-8-22(11)17)5-3-12-4-6-15-16(9-12)24-18(19)21-15/h4,6-10H,3,5H2,1-2H3,(H2,19,21). The molecule has 122 valence electrons. The minimum atomic E-state index is 0.201. The lowest BCUT2D eigenvalue weighted by Crippen LogP contribution is -1.94. The third-order valence-corrected chi connectivity index (χ3v) is 4.29. The van der Waals surface area contributed by atoms with Crippen molar-refractivity contribution >= 4 is 22.8 Å². The van der Waals surface area contributed by atoms with Crippen molar-refractivity contribution in [3.05, 3.63) is 53.5 Å². The molecule has 0 radical (unpaired) electrons. The summed E-state index contributed by atoms with van der Waals surface area (Å²) < 4.78 is 12.7. The number of anilines is 1. The SMILES string of the molecule is COc1ccn2c(C)c(CCc3ccc4nc(N)oc4c3)nc2c1. The second kappa shape index (κ2) is 5.56. The van der Waals surface area contributed by atoms with Crippen LogP contribution in [-0.4, -0.2) is 21.5 Å². The molecule has 0 bridgehead atoms. The lowest BCUT2D eigenvalue weighted by molar-refractivity contribution is 0.414. The number of oxazole rings is 1. The monoisotopic (exact) mass is 322 g/mol. The fourth-order valence-electron chi connectivity index (χ4n) is 2.97. The van der Waals surface area contributed by atoms with E-state index < -0.39 is 0 Å². The lowest BCUT2D eigenvalue weighted by atomic mass is 10.1. The molecule has 0 atom stereocenters. The van der Waals surface area contributed by atoms with Crippen LogP contribution >= 0.6 is 0 Å². The molecule has 3 heterocycles. The molecule has 0 spiro atoms. The van der Waals surface area contributed by atoms with E-state index in [1.807, 2.05) is 30.5 Å². The van der Waals surface area contributed by atoms with Gasteiger partial charge in [-0.25, -0.2) is 4.98 Å². The van der Waals surface area contributed by atoms with E-state index in [4.69, 9.17) is 19.9 Å². The number of fused-ring (bicyclic) bond motifs is 2. The molecule has 0 aliphatic heterocycles. The van der Waals surface area contributed by atoms with Gasteiger partial charge in [-0.3, -0.25) is 0 Å². The van der Waals surface area contributed by atoms with Crippen molar-refractivity contribution in [1.29, 1.82) is 0 Å². The van der Waals surface area contributed by atoms with Crippen molar-refractivity contribution in [2.75, 3.05) is 12.8 Å². The Morgan fingerprint density at radius 3 is 2.88 bits per heavy atom. The van der Waals surface area contributed by atoms with E-state index in [9.17, 15) is 0 Å². The molecule has 0 saturated carbocycles. The number of aromatic nitrogens is 3. The normalized spacial score (nSPS) is 11.4. The van der Waals surface area contributed by atoms with Crippen LogP contribution in [0.15, 0.2) is 40.9 Å². The second-order valence-corrected chi connectivity index (χ2v) is 5.79. The van der Waals surface area contributed by atoms with Gasteiger partial charge in [0.05, 0.1) is 12.8 Å². The topological polar surface area (TPSA) is 78.6 Å². The molecule has 3 aromatic heterocycles. The summed E-state index contributed by atoms with van der Waals surface area (Å²) in [7, 11) is 1.66. The smallest absolute Gasteiger partial charge is 0.292 e. The van der Waals surface area contributed by atoms with E-state index in [-0.39, 0.29) is 6.01 Å². The van der Waals surface area contributed by atoms with Crippen molar-refractivity contribution in [2.24, 2.45) is 0 Å². The number of aryl methyl sites for hydroxylation is 3. The van der Waals surface area contributed by atoms with Crippen LogP contribution < -0.4 is 10.5 Å². The number of rotatable bonds is 4. The first kappa shape index (κ1) is 14.6. The summed E-state index contributed by atoms with van der Waals surface area (Å²) >= 11 is 0. The van der Waals surface area contributed by atoms with Crippen molar-refractivity contribution in [3.8, 4) is 5.75 Å². The van der Waals surface area contributed by atoms with Crippen LogP contribution in [0.25, 0.3) is 16.7 Å². The van der Waals surface area contributed by atoms with Gasteiger partial charge < -0.3 is 19.3 Å². The van der Waals surface area contributed by atoms with Gasteiger partial charge in [-0.2, -0.15) is 4.98 Å². The zero-order valence-corrected chi connectivity index (χ0v) is 13.6. The molecule has 0 amide bonds. The molecule has 24 heavy (non-hydrogen) atoms. The molecule has 6 heteroatoms. The van der Waals surface area contributed by atoms with Gasteiger partial charge in [-0.15, -0.1) is 0 Å². The fraction of sp³-hybridized carbons (Fsp3) is 0.222. The molecule has 0 saturated heterocycles. The molecular formula is C18H18N4O2. The van der Waals surface area contributed by atoms with Crippen molar-refractivity contribution in [1.82, 2.24) is 14.4 Å². The Kier molecular flexibility index (Phi) is 3.37. The van der Waals surface area contributed by atoms with E-state index in [1.165, 1.54) is 5.56 Å². The Morgan fingerprint density at radius 1 is 1.17 bits per heavy atom. The number of benzene rings is 1. The Balaban J connectivity index is 1.60. The highest BCUT2D eigenvalue weighted by Gasteiger charge is 2.10. The highest BCUT2D eigenvalue weighted by Crippen LogP contribution is 2.21. The molecule has 0 aliphatic carbocycles. The van der Waals surface area contributed by atoms with Crippen LogP contribution in [0.4, 0.5) is 6.01 Å². The number of nitrogens with two attached hydrogens (primary N) is 1. The van der Waals surface area contributed by atoms with E-state index in [0.29, 0.717) is 0 Å². The largest absolute Gasteiger partial charge is 0.497 e. The van der Waals surface area contributed by atoms with Gasteiger partial charge >= 0.3 is 0 Å². The molecule has 0 fully saturated rings. The average Bonchev–Trinajstić information content (AvgIpc) is 3.11. The van der Waals surface area contributed by atoms with E-state index in [2.05, 4.69) is 22.4 Å². The fourth-order valence-corrected chi connectivity index (χ4v) is 2.97. The molecule has 0 aliphatic rings. The Bertz CT molecular complexity index is 1030. The summed E-state index contributed by atoms with van der Waals surface area (Å²) in [6, 6.07) is 10.1. The quantitative estimate of drug-likeness (QED) is 0.624. The molecule has 1 aromatic carbocycles. The molecule has 4 aromatic rings. The van der Waals surface area contributed by atoms with Crippen molar-refractivity contribution in [2.45, 2.75) is 19.8 Å². The van der Waals surface area contributed by atoms with Gasteiger partial charge in [-0.05, 0) is 43.5 Å². The van der Waals surface area contributed by atoms with Crippen LogP contribution in [0.1, 0.15) is 17.0 Å². The summed E-state index contributed by atoms with van der Waals surface area (Å²) in [6.45, 7) is 2.09. The van der Waals surface area contributed by atoms with Crippen LogP contribution in [0.3, 0.4) is 0 Å². The maximum atomic E-state index is 5.59. The first-order chi connectivity index (χ1) is 11.6. The van der Waals surface area contributed by atoms with Crippen LogP contribution in [-0.2, 0) is 12.8 Å². The predicted molar refractivity (Wildman–Crippen MR) is 92.3 cm³/mol. The van der Waals surface area contributed by atoms with E-state index in [0.717, 1.165) is 46.7 Å². The third kappa shape index (κ3) is 2.46. The summed E-state index contributed by atoms with van der Waals surface area (Å²) in [6.07, 6.45) is 3.71. The van der Waals surface area contributed by atoms with Gasteiger partial charge in [0.25, 0.3) is 6.01 Å². The minimum Gasteiger partial charge on any atom is -0.497 e. The Hall–Kier alpha value is -3.02. The van der Waals surface area contributed by atoms with Gasteiger partial charge in [0, 0.05) is 18.0 Å². The Morgan fingerprint density at radius 2 is 2.04 bits per heavy atom. The molecule has 2 N–H and O–H groups in total. The second-order valence-electron chi connectivity index (χ2n) is 5.79. The molecular weight excluding hydrogens is 304 g/mol. The molecule has 4 rings (SSSR count). The highest BCUT2D eigenvalue weighted by molar-refractivity contribution is 5.74. The number of imidazole rings is 1. The number of hydrogen-bond donors (Lipinski definition) is 1. The predicted octanol–water partition coefficient (Wildman–Crippen LogP) is 3.16. The maximum absolute atomic E-state index is 5.59.